The molecular formula is C15H28O3. The van der Waals surface area contributed by atoms with Crippen LogP contribution in [0.4, 0.5) is 0 Å². The van der Waals surface area contributed by atoms with Crippen molar-refractivity contribution in [1.29, 1.82) is 0 Å². The Morgan fingerprint density at radius 1 is 1.33 bits per heavy atom. The van der Waals surface area contributed by atoms with E-state index >= 15 is 0 Å². The molecule has 1 aliphatic rings. The fourth-order valence-corrected chi connectivity index (χ4v) is 2.84. The highest BCUT2D eigenvalue weighted by atomic mass is 16.5. The number of rotatable bonds is 4. The average Bonchev–Trinajstić information content (AvgIpc) is 2.26. The maximum atomic E-state index is 11.3. The normalized spacial score (nSPS) is 29.1. The van der Waals surface area contributed by atoms with Crippen LogP contribution in [0.2, 0.25) is 0 Å². The second-order valence-corrected chi connectivity index (χ2v) is 6.67. The van der Waals surface area contributed by atoms with Crippen LogP contribution in [0.15, 0.2) is 0 Å². The highest BCUT2D eigenvalue weighted by Gasteiger charge is 2.37. The van der Waals surface area contributed by atoms with Crippen LogP contribution < -0.4 is 0 Å². The summed E-state index contributed by atoms with van der Waals surface area (Å²) in [5.41, 5.74) is -0.322. The molecule has 0 aromatic heterocycles. The van der Waals surface area contributed by atoms with Gasteiger partial charge in [0.15, 0.2) is 0 Å². The third-order valence-corrected chi connectivity index (χ3v) is 4.24. The second kappa shape index (κ2) is 6.05. The van der Waals surface area contributed by atoms with Crippen LogP contribution >= 0.6 is 0 Å². The summed E-state index contributed by atoms with van der Waals surface area (Å²) in [5, 5.41) is 10.5. The smallest absolute Gasteiger partial charge is 0.305 e. The summed E-state index contributed by atoms with van der Waals surface area (Å²) in [6.07, 6.45) is 4.63. The number of esters is 1. The summed E-state index contributed by atoms with van der Waals surface area (Å²) in [6.45, 7) is 9.02. The van der Waals surface area contributed by atoms with Gasteiger partial charge in [0, 0.05) is 6.42 Å². The van der Waals surface area contributed by atoms with Crippen molar-refractivity contribution in [3.8, 4) is 0 Å². The number of hydrogen-bond acceptors (Lipinski definition) is 3. The van der Waals surface area contributed by atoms with Gasteiger partial charge < -0.3 is 9.84 Å². The molecule has 0 heterocycles. The van der Waals surface area contributed by atoms with E-state index in [9.17, 15) is 9.90 Å². The zero-order valence-corrected chi connectivity index (χ0v) is 12.3. The van der Waals surface area contributed by atoms with Crippen molar-refractivity contribution in [2.24, 2.45) is 11.3 Å². The first kappa shape index (κ1) is 15.5. The Balaban J connectivity index is 2.38. The third-order valence-electron chi connectivity index (χ3n) is 4.24. The quantitative estimate of drug-likeness (QED) is 0.785. The molecule has 0 atom stereocenters. The molecule has 0 radical (unpaired) electrons. The van der Waals surface area contributed by atoms with Gasteiger partial charge in [0.05, 0.1) is 12.2 Å². The summed E-state index contributed by atoms with van der Waals surface area (Å²) >= 11 is 0. The molecule has 1 N–H and O–H groups in total. The van der Waals surface area contributed by atoms with E-state index < -0.39 is 5.60 Å². The topological polar surface area (TPSA) is 46.5 Å². The van der Waals surface area contributed by atoms with E-state index in [1.54, 1.807) is 6.92 Å². The van der Waals surface area contributed by atoms with E-state index in [1.807, 2.05) is 0 Å². The summed E-state index contributed by atoms with van der Waals surface area (Å²) in [4.78, 5) is 11.3. The Hall–Kier alpha value is -0.570. The van der Waals surface area contributed by atoms with E-state index in [2.05, 4.69) is 20.8 Å². The number of carbonyl (C=O) groups is 1. The van der Waals surface area contributed by atoms with Gasteiger partial charge in [-0.1, -0.05) is 20.8 Å². The molecule has 1 rings (SSSR count). The largest absolute Gasteiger partial charge is 0.466 e. The molecule has 0 aromatic carbocycles. The molecule has 1 fully saturated rings. The lowest BCUT2D eigenvalue weighted by atomic mass is 9.67. The zero-order valence-electron chi connectivity index (χ0n) is 12.3. The van der Waals surface area contributed by atoms with Gasteiger partial charge in [0.25, 0.3) is 0 Å². The van der Waals surface area contributed by atoms with Crippen LogP contribution in [0, 0.1) is 11.3 Å². The molecule has 3 heteroatoms. The maximum Gasteiger partial charge on any atom is 0.305 e. The van der Waals surface area contributed by atoms with Crippen LogP contribution in [0.25, 0.3) is 0 Å². The van der Waals surface area contributed by atoms with Gasteiger partial charge >= 0.3 is 5.97 Å². The van der Waals surface area contributed by atoms with Crippen molar-refractivity contribution < 1.29 is 14.6 Å². The molecule has 0 unspecified atom stereocenters. The van der Waals surface area contributed by atoms with Crippen molar-refractivity contribution >= 4 is 5.97 Å². The molecule has 18 heavy (non-hydrogen) atoms. The van der Waals surface area contributed by atoms with E-state index in [0.29, 0.717) is 30.8 Å². The predicted octanol–water partition coefficient (Wildman–Crippen LogP) is 3.30. The van der Waals surface area contributed by atoms with E-state index in [0.717, 1.165) is 25.7 Å². The van der Waals surface area contributed by atoms with Gasteiger partial charge in [-0.2, -0.15) is 0 Å². The molecule has 1 aliphatic carbocycles. The van der Waals surface area contributed by atoms with Crippen molar-refractivity contribution in [2.45, 2.75) is 71.8 Å². The molecule has 106 valence electrons. The Bertz CT molecular complexity index is 270. The summed E-state index contributed by atoms with van der Waals surface area (Å²) in [6, 6.07) is 0. The van der Waals surface area contributed by atoms with Crippen molar-refractivity contribution in [1.82, 2.24) is 0 Å². The zero-order chi connectivity index (χ0) is 13.8. The van der Waals surface area contributed by atoms with Gasteiger partial charge in [-0.25, -0.2) is 0 Å². The fourth-order valence-electron chi connectivity index (χ4n) is 2.84. The molecule has 3 nitrogen and oxygen atoms in total. The van der Waals surface area contributed by atoms with Crippen molar-refractivity contribution in [3.63, 3.8) is 0 Å². The molecule has 0 amide bonds. The first-order chi connectivity index (χ1) is 8.27. The summed E-state index contributed by atoms with van der Waals surface area (Å²) in [5.74, 6) is 0.490. The number of ether oxygens (including phenoxy) is 1. The SMILES string of the molecule is CCOC(=O)CCC1(O)CCC(C(C)(C)C)CC1. The van der Waals surface area contributed by atoms with Crippen LogP contribution in [0.1, 0.15) is 66.2 Å². The Morgan fingerprint density at radius 2 is 1.89 bits per heavy atom. The van der Waals surface area contributed by atoms with E-state index in [4.69, 9.17) is 4.74 Å². The van der Waals surface area contributed by atoms with Gasteiger partial charge in [0.1, 0.15) is 0 Å². The van der Waals surface area contributed by atoms with Crippen LogP contribution in [-0.2, 0) is 9.53 Å². The fraction of sp³-hybridized carbons (Fsp3) is 0.933. The lowest BCUT2D eigenvalue weighted by Crippen LogP contribution is -2.37. The standard InChI is InChI=1S/C15H28O3/c1-5-18-13(16)8-11-15(17)9-6-12(7-10-15)14(2,3)4/h12,17H,5-11H2,1-4H3. The molecule has 0 aliphatic heterocycles. The van der Waals surface area contributed by atoms with Crippen LogP contribution in [0.3, 0.4) is 0 Å². The highest BCUT2D eigenvalue weighted by molar-refractivity contribution is 5.69. The molecule has 0 saturated heterocycles. The third kappa shape index (κ3) is 4.60. The van der Waals surface area contributed by atoms with E-state index in [-0.39, 0.29) is 5.97 Å². The number of aliphatic hydroxyl groups is 1. The Kier molecular flexibility index (Phi) is 5.20. The van der Waals surface area contributed by atoms with Gasteiger partial charge in [0.2, 0.25) is 0 Å². The van der Waals surface area contributed by atoms with E-state index in [1.165, 1.54) is 0 Å². The van der Waals surface area contributed by atoms with Crippen LogP contribution in [0.5, 0.6) is 0 Å². The summed E-state index contributed by atoms with van der Waals surface area (Å²) < 4.78 is 4.90. The minimum absolute atomic E-state index is 0.191. The molecular weight excluding hydrogens is 228 g/mol. The molecule has 0 aromatic rings. The van der Waals surface area contributed by atoms with Gasteiger partial charge in [-0.15, -0.1) is 0 Å². The van der Waals surface area contributed by atoms with Gasteiger partial charge in [-0.3, -0.25) is 4.79 Å². The molecule has 1 saturated carbocycles. The first-order valence-electron chi connectivity index (χ1n) is 7.15. The molecule has 0 spiro atoms. The van der Waals surface area contributed by atoms with Crippen LogP contribution in [-0.4, -0.2) is 23.3 Å². The van der Waals surface area contributed by atoms with Crippen molar-refractivity contribution in [3.05, 3.63) is 0 Å². The Morgan fingerprint density at radius 3 is 2.33 bits per heavy atom. The van der Waals surface area contributed by atoms with Crippen molar-refractivity contribution in [2.75, 3.05) is 6.61 Å². The number of hydrogen-bond donors (Lipinski definition) is 1. The first-order valence-corrected chi connectivity index (χ1v) is 7.15. The predicted molar refractivity (Wildman–Crippen MR) is 72.2 cm³/mol. The number of carbonyl (C=O) groups excluding carboxylic acids is 1. The second-order valence-electron chi connectivity index (χ2n) is 6.67. The average molecular weight is 256 g/mol. The van der Waals surface area contributed by atoms with Gasteiger partial charge in [-0.05, 0) is 50.4 Å². The lowest BCUT2D eigenvalue weighted by Gasteiger charge is -2.41. The minimum Gasteiger partial charge on any atom is -0.466 e. The summed E-state index contributed by atoms with van der Waals surface area (Å²) in [7, 11) is 0. The molecule has 0 bridgehead atoms. The lowest BCUT2D eigenvalue weighted by molar-refractivity contribution is -0.145. The highest BCUT2D eigenvalue weighted by Crippen LogP contribution is 2.42. The monoisotopic (exact) mass is 256 g/mol. The Labute approximate surface area is 111 Å². The maximum absolute atomic E-state index is 11.3. The minimum atomic E-state index is -0.644.